The van der Waals surface area contributed by atoms with Gasteiger partial charge >= 0.3 is 6.18 Å². The monoisotopic (exact) mass is 218 g/mol. The van der Waals surface area contributed by atoms with E-state index in [4.69, 9.17) is 0 Å². The van der Waals surface area contributed by atoms with Crippen LogP contribution in [0.15, 0.2) is 36.0 Å². The second-order valence-corrected chi connectivity index (χ2v) is 3.76. The van der Waals surface area contributed by atoms with E-state index in [0.717, 1.165) is 12.2 Å². The number of rotatable bonds is 4. The maximum absolute atomic E-state index is 12.4. The predicted octanol–water partition coefficient (Wildman–Crippen LogP) is 4.65. The Labute approximate surface area is 89.2 Å². The van der Waals surface area contributed by atoms with Crippen LogP contribution in [-0.2, 0) is 0 Å². The predicted molar refractivity (Wildman–Crippen MR) is 57.5 cm³/mol. The van der Waals surface area contributed by atoms with Crippen molar-refractivity contribution in [3.63, 3.8) is 0 Å². The minimum atomic E-state index is -4.31. The molecule has 0 bridgehead atoms. The molecular weight excluding hydrogens is 201 g/mol. The van der Waals surface area contributed by atoms with E-state index in [9.17, 15) is 13.2 Å². The van der Waals surface area contributed by atoms with E-state index in [-0.39, 0.29) is 0 Å². The summed E-state index contributed by atoms with van der Waals surface area (Å²) in [5, 5.41) is 0. The molecule has 0 aliphatic carbocycles. The maximum Gasteiger partial charge on any atom is 0.416 e. The summed E-state index contributed by atoms with van der Waals surface area (Å²) in [7, 11) is 0. The number of halogens is 3. The van der Waals surface area contributed by atoms with Gasteiger partial charge in [-0.1, -0.05) is 38.2 Å². The van der Waals surface area contributed by atoms with Gasteiger partial charge in [0, 0.05) is 0 Å². The Bertz CT molecular complexity index is 267. The fraction of sp³-hybridized carbons (Fsp3) is 0.500. The van der Waals surface area contributed by atoms with Crippen LogP contribution in [-0.4, -0.2) is 6.18 Å². The van der Waals surface area contributed by atoms with Crippen LogP contribution in [0.5, 0.6) is 0 Å². The molecule has 0 aromatic rings. The minimum Gasteiger partial charge on any atom is -0.166 e. The molecule has 0 atom stereocenters. The average Bonchev–Trinajstić information content (AvgIpc) is 2.09. The molecule has 0 heterocycles. The molecular formula is C12H17F3. The van der Waals surface area contributed by atoms with Gasteiger partial charge in [-0.15, -0.1) is 0 Å². The van der Waals surface area contributed by atoms with Crippen LogP contribution in [0, 0.1) is 5.92 Å². The molecule has 0 spiro atoms. The summed E-state index contributed by atoms with van der Waals surface area (Å²) in [5.41, 5.74) is 0.00785. The lowest BCUT2D eigenvalue weighted by Crippen LogP contribution is -2.10. The molecule has 0 N–H and O–H groups in total. The smallest absolute Gasteiger partial charge is 0.166 e. The Morgan fingerprint density at radius 2 is 1.87 bits per heavy atom. The molecule has 0 radical (unpaired) electrons. The minimum absolute atomic E-state index is 0.340. The SMILES string of the molecule is C=C/C(=C\C(=C/C)CC(C)C)C(F)(F)F. The van der Waals surface area contributed by atoms with Crippen LogP contribution >= 0.6 is 0 Å². The fourth-order valence-electron chi connectivity index (χ4n) is 1.19. The highest BCUT2D eigenvalue weighted by atomic mass is 19.4. The summed E-state index contributed by atoms with van der Waals surface area (Å²) in [6.07, 6.45) is 0.0446. The summed E-state index contributed by atoms with van der Waals surface area (Å²) in [5.74, 6) is 0.340. The van der Waals surface area contributed by atoms with Gasteiger partial charge in [0.05, 0.1) is 5.57 Å². The number of hydrogen-bond acceptors (Lipinski definition) is 0. The highest BCUT2D eigenvalue weighted by Gasteiger charge is 2.31. The molecule has 0 unspecified atom stereocenters. The molecule has 0 nitrogen and oxygen atoms in total. The lowest BCUT2D eigenvalue weighted by Gasteiger charge is -2.10. The fourth-order valence-corrected chi connectivity index (χ4v) is 1.19. The van der Waals surface area contributed by atoms with Crippen molar-refractivity contribution in [2.45, 2.75) is 33.4 Å². The Kier molecular flexibility index (Phi) is 5.40. The van der Waals surface area contributed by atoms with Crippen LogP contribution in [0.4, 0.5) is 13.2 Å². The van der Waals surface area contributed by atoms with Crippen molar-refractivity contribution >= 4 is 0 Å². The molecule has 0 aromatic carbocycles. The van der Waals surface area contributed by atoms with Crippen molar-refractivity contribution in [2.75, 3.05) is 0 Å². The molecule has 0 amide bonds. The number of hydrogen-bond donors (Lipinski definition) is 0. The maximum atomic E-state index is 12.4. The lowest BCUT2D eigenvalue weighted by molar-refractivity contribution is -0.0882. The summed E-state index contributed by atoms with van der Waals surface area (Å²) >= 11 is 0. The largest absolute Gasteiger partial charge is 0.416 e. The topological polar surface area (TPSA) is 0 Å². The van der Waals surface area contributed by atoms with E-state index in [1.807, 2.05) is 13.8 Å². The van der Waals surface area contributed by atoms with Gasteiger partial charge in [-0.2, -0.15) is 13.2 Å². The Hall–Kier alpha value is -0.990. The third-order valence-corrected chi connectivity index (χ3v) is 1.90. The number of alkyl halides is 3. The van der Waals surface area contributed by atoms with Crippen molar-refractivity contribution in [1.82, 2.24) is 0 Å². The Balaban J connectivity index is 4.89. The molecule has 0 rings (SSSR count). The molecule has 0 fully saturated rings. The van der Waals surface area contributed by atoms with Gasteiger partial charge in [0.15, 0.2) is 0 Å². The molecule has 86 valence electrons. The normalized spacial score (nSPS) is 14.6. The molecule has 0 saturated carbocycles. The standard InChI is InChI=1S/C12H17F3/c1-5-10(7-9(3)4)8-11(6-2)12(13,14)15/h5-6,8-9H,2,7H2,1,3-4H3/b10-5-,11-8+. The summed E-state index contributed by atoms with van der Waals surface area (Å²) in [6.45, 7) is 8.86. The van der Waals surface area contributed by atoms with Gasteiger partial charge in [0.2, 0.25) is 0 Å². The molecule has 0 aliphatic heterocycles. The van der Waals surface area contributed by atoms with Crippen molar-refractivity contribution in [1.29, 1.82) is 0 Å². The first-order chi connectivity index (χ1) is 6.81. The van der Waals surface area contributed by atoms with E-state index < -0.39 is 11.7 Å². The highest BCUT2D eigenvalue weighted by molar-refractivity contribution is 5.32. The van der Waals surface area contributed by atoms with E-state index in [0.29, 0.717) is 17.9 Å². The van der Waals surface area contributed by atoms with Crippen molar-refractivity contribution in [3.05, 3.63) is 36.0 Å². The summed E-state index contributed by atoms with van der Waals surface area (Å²) < 4.78 is 37.2. The summed E-state index contributed by atoms with van der Waals surface area (Å²) in [4.78, 5) is 0. The van der Waals surface area contributed by atoms with E-state index in [1.54, 1.807) is 13.0 Å². The third-order valence-electron chi connectivity index (χ3n) is 1.90. The van der Waals surface area contributed by atoms with Crippen molar-refractivity contribution < 1.29 is 13.2 Å². The Morgan fingerprint density at radius 1 is 1.33 bits per heavy atom. The van der Waals surface area contributed by atoms with E-state index in [2.05, 4.69) is 6.58 Å². The van der Waals surface area contributed by atoms with Crippen LogP contribution in [0.2, 0.25) is 0 Å². The van der Waals surface area contributed by atoms with Gasteiger partial charge < -0.3 is 0 Å². The molecule has 15 heavy (non-hydrogen) atoms. The van der Waals surface area contributed by atoms with Crippen molar-refractivity contribution in [3.8, 4) is 0 Å². The third kappa shape index (κ3) is 5.45. The van der Waals surface area contributed by atoms with Gasteiger partial charge in [0.25, 0.3) is 0 Å². The second-order valence-electron chi connectivity index (χ2n) is 3.76. The summed E-state index contributed by atoms with van der Waals surface area (Å²) in [6, 6.07) is 0. The zero-order valence-corrected chi connectivity index (χ0v) is 9.36. The van der Waals surface area contributed by atoms with Crippen LogP contribution in [0.1, 0.15) is 27.2 Å². The van der Waals surface area contributed by atoms with Crippen LogP contribution < -0.4 is 0 Å². The zero-order chi connectivity index (χ0) is 12.1. The zero-order valence-electron chi connectivity index (χ0n) is 9.36. The number of allylic oxidation sites excluding steroid dienone is 5. The average molecular weight is 218 g/mol. The van der Waals surface area contributed by atoms with Gasteiger partial charge in [-0.3, -0.25) is 0 Å². The molecule has 0 aliphatic rings. The molecule has 0 aromatic heterocycles. The van der Waals surface area contributed by atoms with Gasteiger partial charge in [-0.25, -0.2) is 0 Å². The first kappa shape index (κ1) is 14.0. The van der Waals surface area contributed by atoms with Crippen LogP contribution in [0.25, 0.3) is 0 Å². The van der Waals surface area contributed by atoms with Gasteiger partial charge in [-0.05, 0) is 25.3 Å². The van der Waals surface area contributed by atoms with E-state index >= 15 is 0 Å². The quantitative estimate of drug-likeness (QED) is 0.602. The first-order valence-electron chi connectivity index (χ1n) is 4.87. The first-order valence-corrected chi connectivity index (χ1v) is 4.87. The molecule has 0 saturated heterocycles. The highest BCUT2D eigenvalue weighted by Crippen LogP contribution is 2.28. The molecule has 3 heteroatoms. The van der Waals surface area contributed by atoms with Crippen LogP contribution in [0.3, 0.4) is 0 Å². The Morgan fingerprint density at radius 3 is 2.13 bits per heavy atom. The van der Waals surface area contributed by atoms with E-state index in [1.165, 1.54) is 0 Å². The second kappa shape index (κ2) is 5.79. The van der Waals surface area contributed by atoms with Crippen molar-refractivity contribution in [2.24, 2.45) is 5.92 Å². The lowest BCUT2D eigenvalue weighted by atomic mass is 10.0. The van der Waals surface area contributed by atoms with Gasteiger partial charge in [0.1, 0.15) is 0 Å².